The molecule has 156 valence electrons. The largest absolute Gasteiger partial charge is 0.369 e. The number of hydrogen-bond donors (Lipinski definition) is 1. The van der Waals surface area contributed by atoms with Crippen LogP contribution >= 0.6 is 11.8 Å². The van der Waals surface area contributed by atoms with E-state index in [1.54, 1.807) is 17.8 Å². The number of aryl methyl sites for hydroxylation is 1. The summed E-state index contributed by atoms with van der Waals surface area (Å²) in [4.78, 5) is 15.0. The predicted octanol–water partition coefficient (Wildman–Crippen LogP) is 5.49. The Hall–Kier alpha value is -2.31. The maximum absolute atomic E-state index is 4.66. The molecule has 1 N–H and O–H groups in total. The van der Waals surface area contributed by atoms with Gasteiger partial charge in [-0.05, 0) is 50.1 Å². The minimum Gasteiger partial charge on any atom is -0.369 e. The summed E-state index contributed by atoms with van der Waals surface area (Å²) in [6, 6.07) is 8.50. The summed E-state index contributed by atoms with van der Waals surface area (Å²) < 4.78 is 0. The van der Waals surface area contributed by atoms with Crippen molar-refractivity contribution < 1.29 is 0 Å². The Bertz CT molecular complexity index is 809. The summed E-state index contributed by atoms with van der Waals surface area (Å²) in [6.45, 7) is 16.2. The summed E-state index contributed by atoms with van der Waals surface area (Å²) in [5.41, 5.74) is 3.32. The molecule has 3 rings (SSSR count). The van der Waals surface area contributed by atoms with E-state index < -0.39 is 0 Å². The third-order valence-corrected chi connectivity index (χ3v) is 5.59. The third kappa shape index (κ3) is 6.91. The molecule has 1 aromatic carbocycles. The van der Waals surface area contributed by atoms with Crippen LogP contribution in [0.25, 0.3) is 0 Å². The molecule has 29 heavy (non-hydrogen) atoms. The van der Waals surface area contributed by atoms with Gasteiger partial charge in [0.1, 0.15) is 5.03 Å². The summed E-state index contributed by atoms with van der Waals surface area (Å²) in [5.74, 6) is 0.613. The molecule has 1 aromatic heterocycles. The van der Waals surface area contributed by atoms with Crippen LogP contribution in [-0.4, -0.2) is 48.1 Å². The maximum atomic E-state index is 4.66. The molecule has 6 heteroatoms. The molecule has 1 aliphatic rings. The highest BCUT2D eigenvalue weighted by Crippen LogP contribution is 2.28. The molecule has 5 nitrogen and oxygen atoms in total. The SMILES string of the molecule is C=C/C=C(\C)Sc1nc(Nc2ccc(N3CCN(C)CC3)cc2)ncc1C.CC. The fourth-order valence-electron chi connectivity index (χ4n) is 2.89. The zero-order chi connectivity index (χ0) is 21.2. The first-order valence-corrected chi connectivity index (χ1v) is 11.0. The topological polar surface area (TPSA) is 44.3 Å². The van der Waals surface area contributed by atoms with Crippen molar-refractivity contribution in [3.63, 3.8) is 0 Å². The van der Waals surface area contributed by atoms with E-state index in [4.69, 9.17) is 0 Å². The third-order valence-electron chi connectivity index (χ3n) is 4.53. The number of nitrogens with zero attached hydrogens (tertiary/aromatic N) is 4. The fourth-order valence-corrected chi connectivity index (χ4v) is 3.71. The average Bonchev–Trinajstić information content (AvgIpc) is 2.73. The molecule has 2 heterocycles. The Balaban J connectivity index is 0.00000145. The fraction of sp³-hybridized carbons (Fsp3) is 0.391. The molecule has 1 fully saturated rings. The summed E-state index contributed by atoms with van der Waals surface area (Å²) in [5, 5.41) is 4.27. The van der Waals surface area contributed by atoms with Crippen molar-refractivity contribution in [1.29, 1.82) is 0 Å². The van der Waals surface area contributed by atoms with Crippen molar-refractivity contribution in [3.05, 3.63) is 59.7 Å². The van der Waals surface area contributed by atoms with Crippen molar-refractivity contribution in [1.82, 2.24) is 14.9 Å². The highest BCUT2D eigenvalue weighted by atomic mass is 32.2. The van der Waals surface area contributed by atoms with Gasteiger partial charge in [0.05, 0.1) is 0 Å². The number of anilines is 3. The smallest absolute Gasteiger partial charge is 0.228 e. The molecule has 0 radical (unpaired) electrons. The predicted molar refractivity (Wildman–Crippen MR) is 127 cm³/mol. The molecule has 1 aliphatic heterocycles. The monoisotopic (exact) mass is 411 g/mol. The van der Waals surface area contributed by atoms with E-state index in [0.717, 1.165) is 47.4 Å². The van der Waals surface area contributed by atoms with Gasteiger partial charge < -0.3 is 15.1 Å². The highest BCUT2D eigenvalue weighted by molar-refractivity contribution is 8.03. The van der Waals surface area contributed by atoms with Crippen LogP contribution in [0.15, 0.2) is 59.1 Å². The van der Waals surface area contributed by atoms with E-state index in [1.807, 2.05) is 33.0 Å². The van der Waals surface area contributed by atoms with Gasteiger partial charge >= 0.3 is 0 Å². The van der Waals surface area contributed by atoms with Crippen LogP contribution in [-0.2, 0) is 0 Å². The molecule has 0 spiro atoms. The highest BCUT2D eigenvalue weighted by Gasteiger charge is 2.14. The van der Waals surface area contributed by atoms with Gasteiger partial charge in [0.2, 0.25) is 5.95 Å². The molecular formula is C23H33N5S. The minimum atomic E-state index is 0.613. The van der Waals surface area contributed by atoms with Crippen LogP contribution in [0.5, 0.6) is 0 Å². The molecule has 0 amide bonds. The van der Waals surface area contributed by atoms with Crippen molar-refractivity contribution in [2.75, 3.05) is 43.4 Å². The van der Waals surface area contributed by atoms with Gasteiger partial charge in [0, 0.05) is 49.3 Å². The average molecular weight is 412 g/mol. The van der Waals surface area contributed by atoms with Gasteiger partial charge in [-0.2, -0.15) is 0 Å². The second-order valence-corrected chi connectivity index (χ2v) is 7.99. The lowest BCUT2D eigenvalue weighted by Crippen LogP contribution is -2.44. The number of allylic oxidation sites excluding steroid dienone is 3. The Morgan fingerprint density at radius 2 is 1.79 bits per heavy atom. The van der Waals surface area contributed by atoms with Gasteiger partial charge in [-0.15, -0.1) is 0 Å². The second-order valence-electron chi connectivity index (χ2n) is 6.76. The summed E-state index contributed by atoms with van der Waals surface area (Å²) in [6.07, 6.45) is 5.63. The molecule has 0 bridgehead atoms. The molecule has 1 saturated heterocycles. The number of aromatic nitrogens is 2. The molecule has 2 aromatic rings. The van der Waals surface area contributed by atoms with Crippen LogP contribution in [0, 0.1) is 6.92 Å². The Labute approximate surface area is 179 Å². The van der Waals surface area contributed by atoms with Crippen LogP contribution in [0.1, 0.15) is 26.3 Å². The number of thioether (sulfide) groups is 1. The number of benzene rings is 1. The van der Waals surface area contributed by atoms with E-state index in [1.165, 1.54) is 5.69 Å². The molecular weight excluding hydrogens is 378 g/mol. The van der Waals surface area contributed by atoms with Crippen LogP contribution in [0.2, 0.25) is 0 Å². The van der Waals surface area contributed by atoms with E-state index in [9.17, 15) is 0 Å². The molecule has 0 aliphatic carbocycles. The quantitative estimate of drug-likeness (QED) is 0.385. The molecule has 0 saturated carbocycles. The first-order valence-electron chi connectivity index (χ1n) is 10.2. The van der Waals surface area contributed by atoms with Crippen LogP contribution < -0.4 is 10.2 Å². The Morgan fingerprint density at radius 1 is 1.14 bits per heavy atom. The lowest BCUT2D eigenvalue weighted by molar-refractivity contribution is 0.313. The van der Waals surface area contributed by atoms with Gasteiger partial charge in [0.15, 0.2) is 0 Å². The van der Waals surface area contributed by atoms with E-state index in [2.05, 4.69) is 69.9 Å². The van der Waals surface area contributed by atoms with E-state index in [0.29, 0.717) is 5.95 Å². The Morgan fingerprint density at radius 3 is 2.41 bits per heavy atom. The number of nitrogens with one attached hydrogen (secondary N) is 1. The molecule has 0 unspecified atom stereocenters. The number of hydrogen-bond acceptors (Lipinski definition) is 6. The lowest BCUT2D eigenvalue weighted by Gasteiger charge is -2.34. The van der Waals surface area contributed by atoms with Gasteiger partial charge in [-0.25, -0.2) is 9.97 Å². The van der Waals surface area contributed by atoms with Gasteiger partial charge in [-0.1, -0.05) is 44.3 Å². The first kappa shape index (κ1) is 23.0. The number of likely N-dealkylation sites (N-methyl/N-ethyl adjacent to an activating group) is 1. The molecule has 0 atom stereocenters. The standard InChI is InChI=1S/C21H27N5S.C2H6/c1-5-6-17(3)27-20-16(2)15-22-21(24-20)23-18-7-9-19(10-8-18)26-13-11-25(4)12-14-26;1-2/h5-10,15H,1,11-14H2,2-4H3,(H,22,23,24);1-2H3/b17-6+;. The van der Waals surface area contributed by atoms with Crippen LogP contribution in [0.3, 0.4) is 0 Å². The maximum Gasteiger partial charge on any atom is 0.228 e. The van der Waals surface area contributed by atoms with Crippen molar-refractivity contribution >= 4 is 29.1 Å². The van der Waals surface area contributed by atoms with Crippen molar-refractivity contribution in [2.24, 2.45) is 0 Å². The van der Waals surface area contributed by atoms with Crippen molar-refractivity contribution in [2.45, 2.75) is 32.7 Å². The van der Waals surface area contributed by atoms with Crippen LogP contribution in [0.4, 0.5) is 17.3 Å². The minimum absolute atomic E-state index is 0.613. The second kappa shape index (κ2) is 11.6. The zero-order valence-corrected chi connectivity index (χ0v) is 19.1. The van der Waals surface area contributed by atoms with Gasteiger partial charge in [-0.3, -0.25) is 0 Å². The summed E-state index contributed by atoms with van der Waals surface area (Å²) in [7, 11) is 2.17. The van der Waals surface area contributed by atoms with E-state index >= 15 is 0 Å². The lowest BCUT2D eigenvalue weighted by atomic mass is 10.2. The first-order chi connectivity index (χ1) is 14.0. The summed E-state index contributed by atoms with van der Waals surface area (Å²) >= 11 is 1.63. The normalized spacial score (nSPS) is 14.8. The number of rotatable bonds is 6. The number of piperazine rings is 1. The van der Waals surface area contributed by atoms with Gasteiger partial charge in [0.25, 0.3) is 0 Å². The van der Waals surface area contributed by atoms with Crippen molar-refractivity contribution in [3.8, 4) is 0 Å². The Kier molecular flexibility index (Phi) is 9.22. The van der Waals surface area contributed by atoms with E-state index in [-0.39, 0.29) is 0 Å². The zero-order valence-electron chi connectivity index (χ0n) is 18.3.